The number of fused-ring (bicyclic) bond motifs is 1. The van der Waals surface area contributed by atoms with E-state index in [1.165, 1.54) is 11.3 Å². The molecule has 0 unspecified atom stereocenters. The van der Waals surface area contributed by atoms with Crippen LogP contribution in [0.2, 0.25) is 10.0 Å². The van der Waals surface area contributed by atoms with Gasteiger partial charge in [-0.1, -0.05) is 71.7 Å². The molecule has 0 fully saturated rings. The van der Waals surface area contributed by atoms with Crippen LogP contribution in [-0.4, -0.2) is 11.7 Å². The number of halogens is 2. The molecule has 6 heteroatoms. The van der Waals surface area contributed by atoms with Crippen molar-refractivity contribution in [2.45, 2.75) is 0 Å². The van der Waals surface area contributed by atoms with Gasteiger partial charge in [0.25, 0.3) is 5.91 Å². The Kier molecular flexibility index (Phi) is 4.91. The minimum atomic E-state index is -0.204. The lowest BCUT2D eigenvalue weighted by Crippen LogP contribution is -2.32. The van der Waals surface area contributed by atoms with Gasteiger partial charge in [0, 0.05) is 15.1 Å². The maximum absolute atomic E-state index is 13.4. The first-order chi connectivity index (χ1) is 14.6. The average Bonchev–Trinajstić information content (AvgIpc) is 3.27. The number of aliphatic imine (C=N–C) groups is 1. The van der Waals surface area contributed by atoms with Crippen molar-refractivity contribution in [3.8, 4) is 0 Å². The van der Waals surface area contributed by atoms with Crippen LogP contribution >= 0.6 is 34.5 Å². The van der Waals surface area contributed by atoms with Gasteiger partial charge in [-0.15, -0.1) is 11.3 Å². The van der Waals surface area contributed by atoms with E-state index in [-0.39, 0.29) is 5.91 Å². The lowest BCUT2D eigenvalue weighted by atomic mass is 10.2. The molecule has 1 aliphatic rings. The number of benzene rings is 3. The summed E-state index contributed by atoms with van der Waals surface area (Å²) in [4.78, 5) is 20.5. The number of thiophene rings is 1. The topological polar surface area (TPSA) is 32.7 Å². The highest BCUT2D eigenvalue weighted by Gasteiger charge is 2.34. The van der Waals surface area contributed by atoms with E-state index in [1.54, 1.807) is 23.1 Å². The zero-order valence-electron chi connectivity index (χ0n) is 15.5. The Morgan fingerprint density at radius 3 is 2.30 bits per heavy atom. The molecule has 0 atom stereocenters. The average molecular weight is 449 g/mol. The summed E-state index contributed by atoms with van der Waals surface area (Å²) in [5, 5.41) is 2.15. The van der Waals surface area contributed by atoms with Crippen LogP contribution in [0.5, 0.6) is 0 Å². The smallest absolute Gasteiger partial charge is 0.266 e. The molecule has 146 valence electrons. The zero-order chi connectivity index (χ0) is 20.7. The van der Waals surface area contributed by atoms with Crippen molar-refractivity contribution in [2.24, 2.45) is 4.99 Å². The Bertz CT molecular complexity index is 1320. The molecule has 3 nitrogen and oxygen atoms in total. The third-order valence-electron chi connectivity index (χ3n) is 4.79. The normalized spacial score (nSPS) is 15.3. The van der Waals surface area contributed by atoms with E-state index in [9.17, 15) is 4.79 Å². The van der Waals surface area contributed by atoms with Gasteiger partial charge in [-0.25, -0.2) is 4.99 Å². The lowest BCUT2D eigenvalue weighted by molar-refractivity contribution is -0.113. The van der Waals surface area contributed by atoms with Crippen molar-refractivity contribution in [2.75, 3.05) is 4.90 Å². The Morgan fingerprint density at radius 1 is 0.867 bits per heavy atom. The molecule has 0 radical (unpaired) electrons. The fourth-order valence-electron chi connectivity index (χ4n) is 3.36. The lowest BCUT2D eigenvalue weighted by Gasteiger charge is -2.18. The van der Waals surface area contributed by atoms with Crippen molar-refractivity contribution < 1.29 is 4.79 Å². The molecule has 5 rings (SSSR count). The summed E-state index contributed by atoms with van der Waals surface area (Å²) in [6.07, 6.45) is 1.79. The molecule has 0 spiro atoms. The van der Waals surface area contributed by atoms with Gasteiger partial charge in [0.2, 0.25) is 0 Å². The second-order valence-corrected chi connectivity index (χ2v) is 8.60. The number of nitrogens with zero attached hydrogens (tertiary/aromatic N) is 2. The van der Waals surface area contributed by atoms with Gasteiger partial charge in [-0.05, 0) is 42.0 Å². The molecule has 0 bridgehead atoms. The van der Waals surface area contributed by atoms with Crippen molar-refractivity contribution in [3.63, 3.8) is 0 Å². The summed E-state index contributed by atoms with van der Waals surface area (Å²) in [7, 11) is 0. The number of rotatable bonds is 3. The van der Waals surface area contributed by atoms with Crippen LogP contribution in [0, 0.1) is 0 Å². The Hall–Kier alpha value is -2.92. The van der Waals surface area contributed by atoms with E-state index in [0.29, 0.717) is 27.3 Å². The van der Waals surface area contributed by atoms with E-state index in [4.69, 9.17) is 28.2 Å². The third kappa shape index (κ3) is 3.33. The van der Waals surface area contributed by atoms with Gasteiger partial charge in [-0.2, -0.15) is 0 Å². The molecule has 0 N–H and O–H groups in total. The first kappa shape index (κ1) is 19.1. The molecule has 1 aromatic heterocycles. The van der Waals surface area contributed by atoms with Crippen LogP contribution in [0.1, 0.15) is 10.4 Å². The third-order valence-corrected chi connectivity index (χ3v) is 6.71. The fourth-order valence-corrected chi connectivity index (χ4v) is 4.99. The molecule has 0 saturated carbocycles. The molecule has 0 saturated heterocycles. The second-order valence-electron chi connectivity index (χ2n) is 6.73. The van der Waals surface area contributed by atoms with Gasteiger partial charge in [0.1, 0.15) is 5.70 Å². The number of amides is 1. The van der Waals surface area contributed by atoms with Gasteiger partial charge >= 0.3 is 0 Å². The summed E-state index contributed by atoms with van der Waals surface area (Å²) in [6.45, 7) is 0. The molecule has 30 heavy (non-hydrogen) atoms. The summed E-state index contributed by atoms with van der Waals surface area (Å²) in [6, 6.07) is 24.7. The highest BCUT2D eigenvalue weighted by atomic mass is 35.5. The highest BCUT2D eigenvalue weighted by molar-refractivity contribution is 7.21. The minimum absolute atomic E-state index is 0.204. The molecule has 3 aromatic carbocycles. The largest absolute Gasteiger partial charge is 0.282 e. The Balaban J connectivity index is 1.69. The number of carbonyl (C=O) groups is 1. The SMILES string of the molecule is O=C1/C(=C\c2ccccc2)N=C(c2sc3ccccc3c2Cl)N1c1ccc(Cl)cc1. The molecule has 1 aliphatic heterocycles. The summed E-state index contributed by atoms with van der Waals surface area (Å²) >= 11 is 14.3. The predicted octanol–water partition coefficient (Wildman–Crippen LogP) is 7.04. The molecule has 1 amide bonds. The number of hydrogen-bond acceptors (Lipinski definition) is 3. The number of anilines is 1. The maximum Gasteiger partial charge on any atom is 0.282 e. The Labute approximate surface area is 187 Å². The second kappa shape index (κ2) is 7.73. The minimum Gasteiger partial charge on any atom is -0.266 e. The van der Waals surface area contributed by atoms with Crippen LogP contribution in [0.25, 0.3) is 16.2 Å². The summed E-state index contributed by atoms with van der Waals surface area (Å²) in [5.41, 5.74) is 1.96. The van der Waals surface area contributed by atoms with Crippen molar-refractivity contribution >= 4 is 68.1 Å². The van der Waals surface area contributed by atoms with Crippen LogP contribution in [0.3, 0.4) is 0 Å². The molecule has 4 aromatic rings. The number of hydrogen-bond donors (Lipinski definition) is 0. The zero-order valence-corrected chi connectivity index (χ0v) is 17.9. The van der Waals surface area contributed by atoms with Gasteiger partial charge < -0.3 is 0 Å². The van der Waals surface area contributed by atoms with E-state index >= 15 is 0 Å². The quantitative estimate of drug-likeness (QED) is 0.309. The molecular weight excluding hydrogens is 435 g/mol. The first-order valence-corrected chi connectivity index (χ1v) is 10.8. The highest BCUT2D eigenvalue weighted by Crippen LogP contribution is 2.39. The number of amidine groups is 1. The van der Waals surface area contributed by atoms with Crippen LogP contribution in [0.15, 0.2) is 89.6 Å². The standard InChI is InChI=1S/C24H14Cl2N2OS/c25-16-10-12-17(13-11-16)28-23(22-21(26)18-8-4-5-9-20(18)30-22)27-19(24(28)29)14-15-6-2-1-3-7-15/h1-14H/b19-14+. The number of carbonyl (C=O) groups excluding carboxylic acids is 1. The van der Waals surface area contributed by atoms with Crippen molar-refractivity contribution in [1.29, 1.82) is 0 Å². The van der Waals surface area contributed by atoms with Crippen molar-refractivity contribution in [1.82, 2.24) is 0 Å². The first-order valence-electron chi connectivity index (χ1n) is 9.25. The van der Waals surface area contributed by atoms with E-state index in [2.05, 4.69) is 0 Å². The molecular formula is C24H14Cl2N2OS. The molecule has 2 heterocycles. The summed E-state index contributed by atoms with van der Waals surface area (Å²) in [5.74, 6) is 0.320. The van der Waals surface area contributed by atoms with Gasteiger partial charge in [0.15, 0.2) is 5.84 Å². The van der Waals surface area contributed by atoms with Gasteiger partial charge in [-0.3, -0.25) is 9.69 Å². The maximum atomic E-state index is 13.4. The van der Waals surface area contributed by atoms with Crippen LogP contribution in [-0.2, 0) is 4.79 Å². The Morgan fingerprint density at radius 2 is 1.57 bits per heavy atom. The van der Waals surface area contributed by atoms with Gasteiger partial charge in [0.05, 0.1) is 15.6 Å². The van der Waals surface area contributed by atoms with Crippen LogP contribution < -0.4 is 4.90 Å². The van der Waals surface area contributed by atoms with E-state index < -0.39 is 0 Å². The van der Waals surface area contributed by atoms with Crippen molar-refractivity contribution in [3.05, 3.63) is 105 Å². The molecule has 0 aliphatic carbocycles. The predicted molar refractivity (Wildman–Crippen MR) is 127 cm³/mol. The monoisotopic (exact) mass is 448 g/mol. The fraction of sp³-hybridized carbons (Fsp3) is 0. The van der Waals surface area contributed by atoms with E-state index in [0.717, 1.165) is 20.5 Å². The summed E-state index contributed by atoms with van der Waals surface area (Å²) < 4.78 is 1.05. The van der Waals surface area contributed by atoms with E-state index in [1.807, 2.05) is 66.7 Å². The van der Waals surface area contributed by atoms with Crippen LogP contribution in [0.4, 0.5) is 5.69 Å².